The van der Waals surface area contributed by atoms with Crippen molar-refractivity contribution >= 4 is 0 Å². The predicted molar refractivity (Wildman–Crippen MR) is 36.5 cm³/mol. The number of hydrogen-bond donors (Lipinski definition) is 2. The molecule has 74 valence electrons. The van der Waals surface area contributed by atoms with Crippen molar-refractivity contribution in [3.05, 3.63) is 0 Å². The summed E-state index contributed by atoms with van der Waals surface area (Å²) in [5.41, 5.74) is 10.8. The molecule has 5 heteroatoms. The molecule has 0 aliphatic rings. The zero-order chi connectivity index (χ0) is 7.00. The summed E-state index contributed by atoms with van der Waals surface area (Å²) >= 11 is 0. The first-order valence-corrected chi connectivity index (χ1v) is 2.83. The molecule has 0 rings (SSSR count). The van der Waals surface area contributed by atoms with Crippen molar-refractivity contribution in [1.82, 2.24) is 0 Å². The van der Waals surface area contributed by atoms with Gasteiger partial charge in [0, 0.05) is 11.1 Å². The smallest absolute Gasteiger partial charge is 1.00 e. The predicted octanol–water partition coefficient (Wildman–Crippen LogP) is -5.53. The van der Waals surface area contributed by atoms with Crippen LogP contribution in [0.2, 0.25) is 0 Å². The van der Waals surface area contributed by atoms with Gasteiger partial charge in [0.2, 0.25) is 0 Å². The minimum atomic E-state index is -0.285. The van der Waals surface area contributed by atoms with E-state index < -0.39 is 0 Å². The van der Waals surface area contributed by atoms with E-state index in [1.54, 1.807) is 0 Å². The summed E-state index contributed by atoms with van der Waals surface area (Å²) in [5.74, 6) is 0. The van der Waals surface area contributed by atoms with E-state index in [4.69, 9.17) is 11.5 Å². The van der Waals surface area contributed by atoms with Gasteiger partial charge in [-0.25, -0.2) is 0 Å². The molecule has 0 unspecified atom stereocenters. The Balaban J connectivity index is -0.0000000817. The zero-order valence-corrected chi connectivity index (χ0v) is 9.73. The monoisotopic (exact) mass is 244 g/mol. The van der Waals surface area contributed by atoms with Crippen LogP contribution in [0.1, 0.15) is 27.7 Å². The van der Waals surface area contributed by atoms with Crippen molar-refractivity contribution in [1.29, 1.82) is 0 Å². The molecule has 2 nitrogen and oxygen atoms in total. The second-order valence-electron chi connectivity index (χ2n) is 3.44. The van der Waals surface area contributed by atoms with Gasteiger partial charge >= 0.3 is 16.5 Å². The van der Waals surface area contributed by atoms with Crippen LogP contribution in [0, 0.1) is 0 Å². The Morgan fingerprint density at radius 1 is 0.727 bits per heavy atom. The second-order valence-corrected chi connectivity index (χ2v) is 3.44. The molecule has 0 aliphatic carbocycles. The molecule has 0 atom stereocenters. The fourth-order valence-corrected chi connectivity index (χ4v) is 0. The SMILES string of the molecule is CC(C)(N)C(C)(C)N.[Cl-].[Cl-].[Ni+2]. The van der Waals surface area contributed by atoms with E-state index in [-0.39, 0.29) is 52.4 Å². The van der Waals surface area contributed by atoms with Crippen LogP contribution >= 0.6 is 0 Å². The van der Waals surface area contributed by atoms with Crippen LogP contribution in [0.3, 0.4) is 0 Å². The summed E-state index contributed by atoms with van der Waals surface area (Å²) in [7, 11) is 0. The van der Waals surface area contributed by atoms with Gasteiger partial charge in [0.1, 0.15) is 0 Å². The maximum Gasteiger partial charge on any atom is 2.00 e. The zero-order valence-electron chi connectivity index (χ0n) is 7.23. The number of hydrogen-bond acceptors (Lipinski definition) is 2. The van der Waals surface area contributed by atoms with Gasteiger partial charge in [-0.1, -0.05) is 0 Å². The molecule has 0 fully saturated rings. The van der Waals surface area contributed by atoms with Gasteiger partial charge < -0.3 is 36.3 Å². The molecule has 0 aromatic rings. The van der Waals surface area contributed by atoms with Gasteiger partial charge in [-0.3, -0.25) is 0 Å². The van der Waals surface area contributed by atoms with Gasteiger partial charge in [0.15, 0.2) is 0 Å². The van der Waals surface area contributed by atoms with Crippen molar-refractivity contribution in [3.63, 3.8) is 0 Å². The molecule has 0 aliphatic heterocycles. The largest absolute Gasteiger partial charge is 2.00 e. The molecule has 0 radical (unpaired) electrons. The first kappa shape index (κ1) is 22.7. The average molecular weight is 246 g/mol. The fourth-order valence-electron chi connectivity index (χ4n) is 0. The summed E-state index contributed by atoms with van der Waals surface area (Å²) in [4.78, 5) is 0. The molecule has 0 saturated carbocycles. The van der Waals surface area contributed by atoms with E-state index in [1.165, 1.54) is 0 Å². The van der Waals surface area contributed by atoms with E-state index in [0.717, 1.165) is 0 Å². The summed E-state index contributed by atoms with van der Waals surface area (Å²) in [5, 5.41) is 0. The van der Waals surface area contributed by atoms with Gasteiger partial charge in [0.25, 0.3) is 0 Å². The van der Waals surface area contributed by atoms with Crippen LogP contribution in [-0.2, 0) is 16.5 Å². The summed E-state index contributed by atoms with van der Waals surface area (Å²) < 4.78 is 0. The number of nitrogens with two attached hydrogens (primary N) is 2. The third-order valence-electron chi connectivity index (χ3n) is 1.66. The van der Waals surface area contributed by atoms with Crippen LogP contribution in [-0.4, -0.2) is 11.1 Å². The van der Waals surface area contributed by atoms with E-state index >= 15 is 0 Å². The van der Waals surface area contributed by atoms with Crippen molar-refractivity contribution < 1.29 is 41.3 Å². The average Bonchev–Trinajstić information content (AvgIpc) is 1.25. The Morgan fingerprint density at radius 3 is 0.818 bits per heavy atom. The number of halogens is 2. The van der Waals surface area contributed by atoms with Gasteiger partial charge in [-0.05, 0) is 27.7 Å². The molecular weight excluding hydrogens is 230 g/mol. The van der Waals surface area contributed by atoms with Crippen LogP contribution in [0.4, 0.5) is 0 Å². The normalized spacial score (nSPS) is 10.4. The minimum absolute atomic E-state index is 0. The van der Waals surface area contributed by atoms with Crippen LogP contribution < -0.4 is 36.3 Å². The molecule has 0 aromatic carbocycles. The van der Waals surface area contributed by atoms with E-state index in [1.807, 2.05) is 27.7 Å². The third-order valence-corrected chi connectivity index (χ3v) is 1.66. The van der Waals surface area contributed by atoms with Gasteiger partial charge in [0.05, 0.1) is 0 Å². The maximum atomic E-state index is 5.69. The minimum Gasteiger partial charge on any atom is -1.00 e. The fraction of sp³-hybridized carbons (Fsp3) is 1.00. The van der Waals surface area contributed by atoms with E-state index in [0.29, 0.717) is 0 Å². The summed E-state index contributed by atoms with van der Waals surface area (Å²) in [6, 6.07) is 0. The molecule has 4 N–H and O–H groups in total. The van der Waals surface area contributed by atoms with Gasteiger partial charge in [-0.15, -0.1) is 0 Å². The summed E-state index contributed by atoms with van der Waals surface area (Å²) in [6.07, 6.45) is 0. The third kappa shape index (κ3) is 8.90. The van der Waals surface area contributed by atoms with Crippen molar-refractivity contribution in [2.45, 2.75) is 38.8 Å². The summed E-state index contributed by atoms with van der Waals surface area (Å²) in [6.45, 7) is 7.69. The van der Waals surface area contributed by atoms with Crippen molar-refractivity contribution in [2.24, 2.45) is 11.5 Å². The first-order valence-electron chi connectivity index (χ1n) is 2.83. The van der Waals surface area contributed by atoms with Crippen LogP contribution in [0.5, 0.6) is 0 Å². The second kappa shape index (κ2) is 6.50. The molecule has 0 saturated heterocycles. The molecular formula is C6H16Cl2N2Ni. The standard InChI is InChI=1S/C6H16N2.2ClH.Ni/c1-5(2,7)6(3,4)8;;;/h7-8H2,1-4H3;2*1H;/q;;;+2/p-2. The Hall–Kier alpha value is 0.994. The van der Waals surface area contributed by atoms with E-state index in [9.17, 15) is 0 Å². The number of rotatable bonds is 1. The molecule has 11 heavy (non-hydrogen) atoms. The Morgan fingerprint density at radius 2 is 0.818 bits per heavy atom. The molecule has 0 aromatic heterocycles. The maximum absolute atomic E-state index is 5.69. The van der Waals surface area contributed by atoms with Crippen LogP contribution in [0.15, 0.2) is 0 Å². The topological polar surface area (TPSA) is 52.0 Å². The first-order chi connectivity index (χ1) is 3.25. The van der Waals surface area contributed by atoms with Crippen molar-refractivity contribution in [3.8, 4) is 0 Å². The Labute approximate surface area is 91.6 Å². The van der Waals surface area contributed by atoms with E-state index in [2.05, 4.69) is 0 Å². The molecule has 0 amide bonds. The quantitative estimate of drug-likeness (QED) is 0.453. The molecule has 0 spiro atoms. The molecule has 0 bridgehead atoms. The Bertz CT molecular complexity index is 73.6. The van der Waals surface area contributed by atoms with Crippen LogP contribution in [0.25, 0.3) is 0 Å². The molecule has 0 heterocycles. The van der Waals surface area contributed by atoms with Crippen molar-refractivity contribution in [2.75, 3.05) is 0 Å². The van der Waals surface area contributed by atoms with Gasteiger partial charge in [-0.2, -0.15) is 0 Å². The Kier molecular flexibility index (Phi) is 13.4.